The number of aromatic hydroxyl groups is 1. The largest absolute Gasteiger partial charge is 0.508 e. The van der Waals surface area contributed by atoms with Crippen LogP contribution >= 0.6 is 0 Å². The predicted molar refractivity (Wildman–Crippen MR) is 90.9 cm³/mol. The van der Waals surface area contributed by atoms with Gasteiger partial charge in [0, 0.05) is 18.8 Å². The van der Waals surface area contributed by atoms with Gasteiger partial charge in [-0.2, -0.15) is 0 Å². The van der Waals surface area contributed by atoms with Gasteiger partial charge in [0.1, 0.15) is 5.75 Å². The number of hydrogen-bond donors (Lipinski definition) is 1. The van der Waals surface area contributed by atoms with Crippen LogP contribution < -0.4 is 0 Å². The molecule has 114 valence electrons. The minimum Gasteiger partial charge on any atom is -0.508 e. The maximum Gasteiger partial charge on any atom is 0.115 e. The number of likely N-dealkylation sites (tertiary alicyclic amines) is 1. The van der Waals surface area contributed by atoms with Crippen LogP contribution in [0.5, 0.6) is 5.75 Å². The molecule has 1 aliphatic heterocycles. The summed E-state index contributed by atoms with van der Waals surface area (Å²) in [6, 6.07) is 18.8. The van der Waals surface area contributed by atoms with Gasteiger partial charge < -0.3 is 10.0 Å². The molecule has 1 heterocycles. The fourth-order valence-electron chi connectivity index (χ4n) is 3.84. The highest BCUT2D eigenvalue weighted by molar-refractivity contribution is 5.51. The maximum atomic E-state index is 9.66. The lowest BCUT2D eigenvalue weighted by Crippen LogP contribution is -2.29. The highest BCUT2D eigenvalue weighted by atomic mass is 16.3. The van der Waals surface area contributed by atoms with Crippen molar-refractivity contribution in [3.63, 3.8) is 0 Å². The lowest BCUT2D eigenvalue weighted by atomic mass is 9.70. The molecule has 0 amide bonds. The van der Waals surface area contributed by atoms with E-state index in [0.717, 1.165) is 6.42 Å². The molecule has 0 aromatic heterocycles. The average molecular weight is 293 g/mol. The van der Waals surface area contributed by atoms with Crippen molar-refractivity contribution in [2.45, 2.75) is 31.7 Å². The Morgan fingerprint density at radius 3 is 2.23 bits per heavy atom. The van der Waals surface area contributed by atoms with Crippen LogP contribution in [0.25, 0.3) is 0 Å². The minimum atomic E-state index is -0.141. The van der Waals surface area contributed by atoms with E-state index in [1.54, 1.807) is 12.1 Å². The molecule has 2 atom stereocenters. The van der Waals surface area contributed by atoms with E-state index in [9.17, 15) is 5.11 Å². The summed E-state index contributed by atoms with van der Waals surface area (Å²) < 4.78 is 0. The molecular weight excluding hydrogens is 270 g/mol. The number of hydrogen-bond acceptors (Lipinski definition) is 2. The minimum absolute atomic E-state index is 0.141. The summed E-state index contributed by atoms with van der Waals surface area (Å²) in [6.07, 6.45) is 3.27. The number of phenols is 1. The first-order chi connectivity index (χ1) is 10.6. The fourth-order valence-corrected chi connectivity index (χ4v) is 3.84. The Morgan fingerprint density at radius 1 is 1.05 bits per heavy atom. The quantitative estimate of drug-likeness (QED) is 0.892. The van der Waals surface area contributed by atoms with Crippen LogP contribution in [-0.2, 0) is 5.41 Å². The van der Waals surface area contributed by atoms with Crippen molar-refractivity contribution in [3.05, 3.63) is 77.5 Å². The topological polar surface area (TPSA) is 23.5 Å². The highest BCUT2D eigenvalue weighted by Crippen LogP contribution is 2.50. The van der Waals surface area contributed by atoms with E-state index in [1.165, 1.54) is 16.8 Å². The maximum absolute atomic E-state index is 9.66. The second kappa shape index (κ2) is 5.53. The molecule has 1 N–H and O–H groups in total. The normalized spacial score (nSPS) is 26.6. The first-order valence-corrected chi connectivity index (χ1v) is 7.84. The van der Waals surface area contributed by atoms with Gasteiger partial charge in [0.05, 0.1) is 5.41 Å². The van der Waals surface area contributed by atoms with Crippen LogP contribution in [0.1, 0.15) is 31.4 Å². The Balaban J connectivity index is 2.26. The van der Waals surface area contributed by atoms with Crippen LogP contribution in [0.2, 0.25) is 0 Å². The molecule has 2 unspecified atom stereocenters. The zero-order chi connectivity index (χ0) is 15.7. The second-order valence-corrected chi connectivity index (χ2v) is 6.16. The molecule has 1 fully saturated rings. The number of rotatable bonds is 2. The molecule has 3 rings (SSSR count). The lowest BCUT2D eigenvalue weighted by molar-refractivity contribution is 0.375. The molecule has 0 saturated carbocycles. The molecular formula is C20H23NO. The number of allylic oxidation sites excluding steroid dienone is 2. The van der Waals surface area contributed by atoms with Crippen LogP contribution in [0.15, 0.2) is 66.4 Å². The molecule has 0 radical (unpaired) electrons. The Kier molecular flexibility index (Phi) is 3.69. The van der Waals surface area contributed by atoms with Crippen LogP contribution in [-0.4, -0.2) is 23.1 Å². The summed E-state index contributed by atoms with van der Waals surface area (Å²) in [4.78, 5) is 2.37. The Labute approximate surface area is 132 Å². The van der Waals surface area contributed by atoms with Gasteiger partial charge in [-0.15, -0.1) is 0 Å². The third-order valence-electron chi connectivity index (χ3n) is 4.98. The molecule has 22 heavy (non-hydrogen) atoms. The molecule has 2 nitrogen and oxygen atoms in total. The predicted octanol–water partition coefficient (Wildman–Crippen LogP) is 4.31. The van der Waals surface area contributed by atoms with Gasteiger partial charge in [0.2, 0.25) is 0 Å². The van der Waals surface area contributed by atoms with Crippen LogP contribution in [0.3, 0.4) is 0 Å². The van der Waals surface area contributed by atoms with Crippen molar-refractivity contribution in [1.29, 1.82) is 0 Å². The van der Waals surface area contributed by atoms with Gasteiger partial charge in [-0.1, -0.05) is 48.5 Å². The van der Waals surface area contributed by atoms with Crippen molar-refractivity contribution in [2.75, 3.05) is 7.05 Å². The van der Waals surface area contributed by atoms with Gasteiger partial charge >= 0.3 is 0 Å². The summed E-state index contributed by atoms with van der Waals surface area (Å²) in [5.74, 6) is 0.313. The van der Waals surface area contributed by atoms with E-state index in [0.29, 0.717) is 11.8 Å². The average Bonchev–Trinajstić information content (AvgIpc) is 2.81. The van der Waals surface area contributed by atoms with Crippen molar-refractivity contribution in [1.82, 2.24) is 4.90 Å². The van der Waals surface area contributed by atoms with Crippen molar-refractivity contribution in [3.8, 4) is 5.75 Å². The molecule has 1 aliphatic rings. The third kappa shape index (κ3) is 2.10. The van der Waals surface area contributed by atoms with E-state index in [4.69, 9.17) is 0 Å². The van der Waals surface area contributed by atoms with Crippen molar-refractivity contribution in [2.24, 2.45) is 0 Å². The third-order valence-corrected chi connectivity index (χ3v) is 4.98. The Morgan fingerprint density at radius 2 is 1.64 bits per heavy atom. The number of likely N-dealkylation sites (N-methyl/N-ethyl adjacent to an activating group) is 1. The van der Waals surface area contributed by atoms with Crippen molar-refractivity contribution >= 4 is 0 Å². The van der Waals surface area contributed by atoms with Crippen molar-refractivity contribution < 1.29 is 5.11 Å². The first kappa shape index (κ1) is 14.7. The second-order valence-electron chi connectivity index (χ2n) is 6.16. The molecule has 0 bridgehead atoms. The summed E-state index contributed by atoms with van der Waals surface area (Å²) in [5.41, 5.74) is 3.74. The lowest BCUT2D eigenvalue weighted by Gasteiger charge is -2.33. The zero-order valence-corrected chi connectivity index (χ0v) is 13.5. The smallest absolute Gasteiger partial charge is 0.115 e. The Hall–Kier alpha value is -2.22. The van der Waals surface area contributed by atoms with Gasteiger partial charge in [-0.3, -0.25) is 0 Å². The summed E-state index contributed by atoms with van der Waals surface area (Å²) in [5, 5.41) is 9.66. The Bertz CT molecular complexity index is 675. The van der Waals surface area contributed by atoms with E-state index < -0.39 is 0 Å². The van der Waals surface area contributed by atoms with E-state index >= 15 is 0 Å². The van der Waals surface area contributed by atoms with E-state index in [1.807, 2.05) is 0 Å². The van der Waals surface area contributed by atoms with Crippen LogP contribution in [0, 0.1) is 0 Å². The van der Waals surface area contributed by atoms with Gasteiger partial charge in [0.25, 0.3) is 0 Å². The van der Waals surface area contributed by atoms with E-state index in [2.05, 4.69) is 74.3 Å². The van der Waals surface area contributed by atoms with Gasteiger partial charge in [-0.05, 0) is 43.5 Å². The summed E-state index contributed by atoms with van der Waals surface area (Å²) in [7, 11) is 2.17. The number of nitrogens with zero attached hydrogens (tertiary/aromatic N) is 1. The first-order valence-electron chi connectivity index (χ1n) is 7.84. The van der Waals surface area contributed by atoms with Crippen LogP contribution in [0.4, 0.5) is 0 Å². The number of phenolic OH excluding ortho intramolecular Hbond substituents is 1. The standard InChI is InChI=1S/C20H23NO/c1-4-19-20(14-15(2)21(19)3,16-8-6-5-7-9-16)17-10-12-18(22)13-11-17/h4-13,15,22H,14H2,1-3H3/b19-4-. The molecule has 2 heteroatoms. The molecule has 2 aromatic carbocycles. The molecule has 2 aromatic rings. The zero-order valence-electron chi connectivity index (χ0n) is 13.5. The SMILES string of the molecule is C/C=C1\N(C)C(C)CC1(c1ccccc1)c1ccc(O)cc1. The van der Waals surface area contributed by atoms with Gasteiger partial charge in [0.15, 0.2) is 0 Å². The molecule has 0 aliphatic carbocycles. The highest BCUT2D eigenvalue weighted by Gasteiger charge is 2.47. The number of benzene rings is 2. The molecule has 1 saturated heterocycles. The summed E-state index contributed by atoms with van der Waals surface area (Å²) in [6.45, 7) is 4.39. The summed E-state index contributed by atoms with van der Waals surface area (Å²) >= 11 is 0. The van der Waals surface area contributed by atoms with Gasteiger partial charge in [-0.25, -0.2) is 0 Å². The van der Waals surface area contributed by atoms with E-state index in [-0.39, 0.29) is 5.41 Å². The monoisotopic (exact) mass is 293 g/mol. The molecule has 0 spiro atoms. The fraction of sp³-hybridized carbons (Fsp3) is 0.300.